The molecular weight excluding hydrogens is 262 g/mol. The van der Waals surface area contributed by atoms with Crippen molar-refractivity contribution in [3.8, 4) is 0 Å². The highest BCUT2D eigenvalue weighted by Gasteiger charge is 2.27. The smallest absolute Gasteiger partial charge is 0.410 e. The normalized spacial score (nSPS) is 20.2. The van der Waals surface area contributed by atoms with Gasteiger partial charge in [-0.15, -0.1) is 11.3 Å². The minimum atomic E-state index is -0.438. The van der Waals surface area contributed by atoms with Crippen molar-refractivity contribution in [2.45, 2.75) is 45.3 Å². The van der Waals surface area contributed by atoms with Gasteiger partial charge in [0, 0.05) is 30.7 Å². The maximum atomic E-state index is 12.0. The van der Waals surface area contributed by atoms with Gasteiger partial charge in [-0.1, -0.05) is 0 Å². The van der Waals surface area contributed by atoms with E-state index >= 15 is 0 Å². The average molecular weight is 283 g/mol. The van der Waals surface area contributed by atoms with Crippen LogP contribution in [-0.2, 0) is 4.74 Å². The number of anilines is 1. The van der Waals surface area contributed by atoms with Gasteiger partial charge in [-0.05, 0) is 33.6 Å². The summed E-state index contributed by atoms with van der Waals surface area (Å²) in [6.45, 7) is 7.11. The predicted octanol–water partition coefficient (Wildman–Crippen LogP) is 2.95. The number of hydrogen-bond donors (Lipinski definition) is 1. The average Bonchev–Trinajstić information content (AvgIpc) is 2.80. The number of piperidine rings is 1. The zero-order valence-corrected chi connectivity index (χ0v) is 12.5. The summed E-state index contributed by atoms with van der Waals surface area (Å²) in [5, 5.41) is 6.22. The first-order valence-electron chi connectivity index (χ1n) is 6.58. The van der Waals surface area contributed by atoms with Crippen molar-refractivity contribution in [1.82, 2.24) is 9.88 Å². The summed E-state index contributed by atoms with van der Waals surface area (Å²) in [6.07, 6.45) is 3.60. The number of amides is 1. The molecule has 106 valence electrons. The molecule has 1 atom stereocenters. The number of aromatic nitrogens is 1. The quantitative estimate of drug-likeness (QED) is 0.906. The van der Waals surface area contributed by atoms with Crippen LogP contribution >= 0.6 is 11.3 Å². The second-order valence-corrected chi connectivity index (χ2v) is 6.64. The van der Waals surface area contributed by atoms with Crippen LogP contribution in [0.3, 0.4) is 0 Å². The van der Waals surface area contributed by atoms with Crippen molar-refractivity contribution in [2.75, 3.05) is 18.4 Å². The van der Waals surface area contributed by atoms with Crippen molar-refractivity contribution >= 4 is 22.6 Å². The van der Waals surface area contributed by atoms with Crippen LogP contribution in [0.15, 0.2) is 11.6 Å². The third-order valence-corrected chi connectivity index (χ3v) is 3.54. The van der Waals surface area contributed by atoms with E-state index in [4.69, 9.17) is 4.74 Å². The van der Waals surface area contributed by atoms with Gasteiger partial charge in [0.15, 0.2) is 5.13 Å². The number of likely N-dealkylation sites (tertiary alicyclic amines) is 1. The Morgan fingerprint density at radius 2 is 2.37 bits per heavy atom. The number of hydrogen-bond acceptors (Lipinski definition) is 5. The van der Waals surface area contributed by atoms with E-state index < -0.39 is 5.60 Å². The highest BCUT2D eigenvalue weighted by Crippen LogP contribution is 2.19. The lowest BCUT2D eigenvalue weighted by Gasteiger charge is -2.34. The Morgan fingerprint density at radius 3 is 3.00 bits per heavy atom. The summed E-state index contributed by atoms with van der Waals surface area (Å²) in [5.41, 5.74) is -0.438. The first-order valence-corrected chi connectivity index (χ1v) is 7.46. The van der Waals surface area contributed by atoms with Gasteiger partial charge >= 0.3 is 6.09 Å². The molecule has 1 aromatic heterocycles. The van der Waals surface area contributed by atoms with E-state index in [1.54, 1.807) is 22.4 Å². The molecule has 1 fully saturated rings. The molecular formula is C13H21N3O2S. The fourth-order valence-electron chi connectivity index (χ4n) is 2.06. The zero-order valence-electron chi connectivity index (χ0n) is 11.7. The molecule has 0 saturated carbocycles. The molecule has 0 aliphatic carbocycles. The molecule has 1 aliphatic rings. The molecule has 1 saturated heterocycles. The lowest BCUT2D eigenvalue weighted by Crippen LogP contribution is -2.46. The van der Waals surface area contributed by atoms with Crippen molar-refractivity contribution in [2.24, 2.45) is 0 Å². The van der Waals surface area contributed by atoms with Gasteiger partial charge in [-0.25, -0.2) is 9.78 Å². The molecule has 6 heteroatoms. The first-order chi connectivity index (χ1) is 8.94. The minimum Gasteiger partial charge on any atom is -0.444 e. The molecule has 0 unspecified atom stereocenters. The van der Waals surface area contributed by atoms with Crippen LogP contribution in [0.4, 0.5) is 9.93 Å². The third kappa shape index (κ3) is 4.38. The molecule has 1 aromatic rings. The number of carbonyl (C=O) groups excluding carboxylic acids is 1. The van der Waals surface area contributed by atoms with Crippen LogP contribution in [0.2, 0.25) is 0 Å². The Morgan fingerprint density at radius 1 is 1.58 bits per heavy atom. The monoisotopic (exact) mass is 283 g/mol. The van der Waals surface area contributed by atoms with Crippen molar-refractivity contribution < 1.29 is 9.53 Å². The molecule has 0 bridgehead atoms. The fourth-order valence-corrected chi connectivity index (χ4v) is 2.66. The van der Waals surface area contributed by atoms with Crippen LogP contribution in [0.25, 0.3) is 0 Å². The van der Waals surface area contributed by atoms with E-state index in [9.17, 15) is 4.79 Å². The summed E-state index contributed by atoms with van der Waals surface area (Å²) >= 11 is 1.58. The Kier molecular flexibility index (Phi) is 4.29. The second kappa shape index (κ2) is 5.77. The number of ether oxygens (including phenoxy) is 1. The third-order valence-electron chi connectivity index (χ3n) is 2.83. The second-order valence-electron chi connectivity index (χ2n) is 5.75. The van der Waals surface area contributed by atoms with Crippen molar-refractivity contribution in [3.05, 3.63) is 11.6 Å². The van der Waals surface area contributed by atoms with Gasteiger partial charge in [0.2, 0.25) is 0 Å². The minimum absolute atomic E-state index is 0.224. The summed E-state index contributed by atoms with van der Waals surface area (Å²) < 4.78 is 5.41. The molecule has 1 N–H and O–H groups in total. The maximum Gasteiger partial charge on any atom is 0.410 e. The van der Waals surface area contributed by atoms with Gasteiger partial charge < -0.3 is 15.0 Å². The van der Waals surface area contributed by atoms with Crippen LogP contribution in [0, 0.1) is 0 Å². The topological polar surface area (TPSA) is 54.5 Å². The Bertz CT molecular complexity index is 414. The first kappa shape index (κ1) is 14.1. The van der Waals surface area contributed by atoms with Crippen LogP contribution in [0.1, 0.15) is 33.6 Å². The van der Waals surface area contributed by atoms with E-state index in [0.29, 0.717) is 6.54 Å². The van der Waals surface area contributed by atoms with Gasteiger partial charge in [0.1, 0.15) is 5.60 Å². The van der Waals surface area contributed by atoms with Crippen molar-refractivity contribution in [1.29, 1.82) is 0 Å². The summed E-state index contributed by atoms with van der Waals surface area (Å²) in [7, 11) is 0. The van der Waals surface area contributed by atoms with E-state index in [1.165, 1.54) is 0 Å². The molecule has 0 spiro atoms. The molecule has 5 nitrogen and oxygen atoms in total. The van der Waals surface area contributed by atoms with Gasteiger partial charge in [-0.2, -0.15) is 0 Å². The number of rotatable bonds is 2. The van der Waals surface area contributed by atoms with E-state index in [2.05, 4.69) is 10.3 Å². The van der Waals surface area contributed by atoms with E-state index in [0.717, 1.165) is 24.5 Å². The Labute approximate surface area is 118 Å². The Balaban J connectivity index is 1.88. The lowest BCUT2D eigenvalue weighted by molar-refractivity contribution is 0.0206. The lowest BCUT2D eigenvalue weighted by atomic mass is 10.1. The molecule has 0 radical (unpaired) electrons. The summed E-state index contributed by atoms with van der Waals surface area (Å²) in [4.78, 5) is 18.0. The maximum absolute atomic E-state index is 12.0. The van der Waals surface area contributed by atoms with Gasteiger partial charge in [0.05, 0.1) is 0 Å². The summed E-state index contributed by atoms with van der Waals surface area (Å²) in [5.74, 6) is 0. The molecule has 0 aromatic carbocycles. The number of nitrogens with one attached hydrogen (secondary N) is 1. The summed E-state index contributed by atoms with van der Waals surface area (Å²) in [6, 6.07) is 0.257. The zero-order chi connectivity index (χ0) is 13.9. The number of carbonyl (C=O) groups is 1. The highest BCUT2D eigenvalue weighted by atomic mass is 32.1. The number of thiazole rings is 1. The molecule has 2 rings (SSSR count). The van der Waals surface area contributed by atoms with Crippen molar-refractivity contribution in [3.63, 3.8) is 0 Å². The van der Waals surface area contributed by atoms with Crippen LogP contribution < -0.4 is 5.32 Å². The molecule has 19 heavy (non-hydrogen) atoms. The van der Waals surface area contributed by atoms with Gasteiger partial charge in [0.25, 0.3) is 0 Å². The Hall–Kier alpha value is -1.30. The predicted molar refractivity (Wildman–Crippen MR) is 76.6 cm³/mol. The largest absolute Gasteiger partial charge is 0.444 e. The van der Waals surface area contributed by atoms with Gasteiger partial charge in [-0.3, -0.25) is 0 Å². The fraction of sp³-hybridized carbons (Fsp3) is 0.692. The van der Waals surface area contributed by atoms with Crippen LogP contribution in [-0.4, -0.2) is 40.7 Å². The molecule has 1 amide bonds. The van der Waals surface area contributed by atoms with E-state index in [-0.39, 0.29) is 12.1 Å². The SMILES string of the molecule is CC(C)(C)OC(=O)N1CCC[C@@H](Nc2nccs2)C1. The molecule has 2 heterocycles. The standard InChI is InChI=1S/C13H21N3O2S/c1-13(2,3)18-12(17)16-7-4-5-10(9-16)15-11-14-6-8-19-11/h6,8,10H,4-5,7,9H2,1-3H3,(H,14,15)/t10-/m1/s1. The van der Waals surface area contributed by atoms with E-state index in [1.807, 2.05) is 26.2 Å². The van der Waals surface area contributed by atoms with Crippen LogP contribution in [0.5, 0.6) is 0 Å². The highest BCUT2D eigenvalue weighted by molar-refractivity contribution is 7.13. The molecule has 1 aliphatic heterocycles. The number of nitrogens with zero attached hydrogens (tertiary/aromatic N) is 2.